The van der Waals surface area contributed by atoms with Gasteiger partial charge in [-0.25, -0.2) is 0 Å². The third kappa shape index (κ3) is 2.38. The lowest BCUT2D eigenvalue weighted by molar-refractivity contribution is -0.164. The van der Waals surface area contributed by atoms with Gasteiger partial charge in [0.2, 0.25) is 0 Å². The van der Waals surface area contributed by atoms with Crippen molar-refractivity contribution in [1.29, 1.82) is 0 Å². The molecule has 4 nitrogen and oxygen atoms in total. The van der Waals surface area contributed by atoms with Crippen LogP contribution in [-0.4, -0.2) is 23.1 Å². The lowest BCUT2D eigenvalue weighted by Crippen LogP contribution is -2.34. The second-order valence-corrected chi connectivity index (χ2v) is 2.69. The summed E-state index contributed by atoms with van der Waals surface area (Å²) in [5, 5.41) is 8.49. The summed E-state index contributed by atoms with van der Waals surface area (Å²) in [7, 11) is 0. The van der Waals surface area contributed by atoms with Crippen molar-refractivity contribution in [3.05, 3.63) is 0 Å². The fraction of sp³-hybridized carbons (Fsp3) is 0.667. The number of carbonyl (C=O) groups excluding carboxylic acids is 1. The molecular weight excluding hydrogens is 172 g/mol. The van der Waals surface area contributed by atoms with Gasteiger partial charge in [0.25, 0.3) is 0 Å². The fourth-order valence-electron chi connectivity index (χ4n) is 0.317. The minimum atomic E-state index is -1.52. The average molecular weight is 181 g/mol. The van der Waals surface area contributed by atoms with Crippen molar-refractivity contribution in [2.45, 2.75) is 13.8 Å². The summed E-state index contributed by atoms with van der Waals surface area (Å²) in [6.07, 6.45) is 0. The quantitative estimate of drug-likeness (QED) is 0.397. The molecule has 0 aliphatic carbocycles. The molecule has 0 aromatic carbocycles. The van der Waals surface area contributed by atoms with E-state index in [1.807, 2.05) is 0 Å². The van der Waals surface area contributed by atoms with Crippen LogP contribution in [0.5, 0.6) is 0 Å². The van der Waals surface area contributed by atoms with E-state index in [0.717, 1.165) is 0 Å². The summed E-state index contributed by atoms with van der Waals surface area (Å²) in [6, 6.07) is -0.324. The number of hydrogen-bond acceptors (Lipinski definition) is 3. The molecule has 0 atom stereocenters. The molecule has 0 rings (SSSR count). The molecule has 0 radical (unpaired) electrons. The Morgan fingerprint density at radius 1 is 1.55 bits per heavy atom. The summed E-state index contributed by atoms with van der Waals surface area (Å²) in [6.45, 7) is 2.51. The predicted octanol–water partition coefficient (Wildman–Crippen LogP) is 0.837. The zero-order valence-electron chi connectivity index (χ0n) is 6.26. The Morgan fingerprint density at radius 3 is 2.27 bits per heavy atom. The van der Waals surface area contributed by atoms with Gasteiger partial charge in [-0.1, -0.05) is 11.6 Å². The first-order valence-corrected chi connectivity index (χ1v) is 3.43. The molecule has 0 heterocycles. The van der Waals surface area contributed by atoms with Gasteiger partial charge in [0.05, 0.1) is 0 Å². The Labute approximate surface area is 69.1 Å². The molecule has 64 valence electrons. The van der Waals surface area contributed by atoms with Crippen LogP contribution >= 0.6 is 11.6 Å². The number of rotatable bonds is 3. The van der Waals surface area contributed by atoms with Crippen LogP contribution < -0.4 is 0 Å². The predicted molar refractivity (Wildman–Crippen MR) is 38.2 cm³/mol. The number of carboxylic acid groups (broad SMARTS) is 1. The first-order chi connectivity index (χ1) is 4.92. The van der Waals surface area contributed by atoms with Crippen molar-refractivity contribution >= 4 is 23.5 Å². The molecule has 0 aliphatic rings. The number of aliphatic carboxylic acids is 1. The Kier molecular flexibility index (Phi) is 3.32. The SMILES string of the molecule is CC(C)(C(=O)O)C(=O)OCCl. The summed E-state index contributed by atoms with van der Waals surface area (Å²) >= 11 is 5.07. The second kappa shape index (κ2) is 3.57. The van der Waals surface area contributed by atoms with E-state index >= 15 is 0 Å². The first-order valence-electron chi connectivity index (χ1n) is 2.89. The van der Waals surface area contributed by atoms with Gasteiger partial charge in [0, 0.05) is 0 Å². The lowest BCUT2D eigenvalue weighted by Gasteiger charge is -2.15. The number of hydrogen-bond donors (Lipinski definition) is 1. The van der Waals surface area contributed by atoms with Crippen molar-refractivity contribution in [3.8, 4) is 0 Å². The molecule has 0 saturated heterocycles. The van der Waals surface area contributed by atoms with Gasteiger partial charge in [-0.05, 0) is 13.8 Å². The maximum absolute atomic E-state index is 10.8. The van der Waals surface area contributed by atoms with Crippen molar-refractivity contribution in [2.75, 3.05) is 6.07 Å². The number of halogens is 1. The van der Waals surface area contributed by atoms with E-state index in [0.29, 0.717) is 0 Å². The fourth-order valence-corrected chi connectivity index (χ4v) is 0.416. The van der Waals surface area contributed by atoms with Gasteiger partial charge >= 0.3 is 11.9 Å². The highest BCUT2D eigenvalue weighted by Gasteiger charge is 2.37. The zero-order chi connectivity index (χ0) is 9.07. The Hall–Kier alpha value is -0.770. The van der Waals surface area contributed by atoms with Crippen LogP contribution in [0.4, 0.5) is 0 Å². The smallest absolute Gasteiger partial charge is 0.324 e. The molecule has 0 spiro atoms. The van der Waals surface area contributed by atoms with Crippen LogP contribution in [0.15, 0.2) is 0 Å². The molecule has 11 heavy (non-hydrogen) atoms. The Morgan fingerprint density at radius 2 is 2.00 bits per heavy atom. The normalized spacial score (nSPS) is 10.8. The van der Waals surface area contributed by atoms with Gasteiger partial charge in [0.15, 0.2) is 11.5 Å². The average Bonchev–Trinajstić information content (AvgIpc) is 1.88. The molecule has 0 aromatic heterocycles. The van der Waals surface area contributed by atoms with Crippen molar-refractivity contribution in [3.63, 3.8) is 0 Å². The molecule has 0 aliphatic heterocycles. The van der Waals surface area contributed by atoms with E-state index in [2.05, 4.69) is 4.74 Å². The summed E-state index contributed by atoms with van der Waals surface area (Å²) in [4.78, 5) is 21.2. The number of carbonyl (C=O) groups is 2. The Balaban J connectivity index is 4.30. The van der Waals surface area contributed by atoms with Crippen LogP contribution in [0.1, 0.15) is 13.8 Å². The number of ether oxygens (including phenoxy) is 1. The third-order valence-electron chi connectivity index (χ3n) is 1.23. The standard InChI is InChI=1S/C6H9ClO4/c1-6(2,4(8)9)5(10)11-3-7/h3H2,1-2H3,(H,8,9). The third-order valence-corrected chi connectivity index (χ3v) is 1.34. The van der Waals surface area contributed by atoms with Crippen molar-refractivity contribution < 1.29 is 19.4 Å². The minimum absolute atomic E-state index is 0.324. The van der Waals surface area contributed by atoms with Crippen molar-refractivity contribution in [2.24, 2.45) is 5.41 Å². The highest BCUT2D eigenvalue weighted by molar-refractivity contribution is 6.17. The van der Waals surface area contributed by atoms with Gasteiger partial charge in [-0.3, -0.25) is 9.59 Å². The highest BCUT2D eigenvalue weighted by atomic mass is 35.5. The second-order valence-electron chi connectivity index (χ2n) is 2.47. The number of alkyl halides is 1. The first kappa shape index (κ1) is 10.2. The minimum Gasteiger partial charge on any atom is -0.480 e. The van der Waals surface area contributed by atoms with Crippen LogP contribution in [0.25, 0.3) is 0 Å². The maximum Gasteiger partial charge on any atom is 0.324 e. The molecule has 0 fully saturated rings. The maximum atomic E-state index is 10.8. The van der Waals surface area contributed by atoms with E-state index in [4.69, 9.17) is 16.7 Å². The van der Waals surface area contributed by atoms with Crippen LogP contribution in [0.3, 0.4) is 0 Å². The number of carboxylic acids is 1. The molecular formula is C6H9ClO4. The van der Waals surface area contributed by atoms with E-state index in [1.165, 1.54) is 13.8 Å². The lowest BCUT2D eigenvalue weighted by atomic mass is 9.94. The Bertz CT molecular complexity index is 175. The van der Waals surface area contributed by atoms with E-state index < -0.39 is 17.4 Å². The highest BCUT2D eigenvalue weighted by Crippen LogP contribution is 2.17. The molecule has 0 unspecified atom stereocenters. The molecule has 0 aromatic rings. The van der Waals surface area contributed by atoms with E-state index in [9.17, 15) is 9.59 Å². The monoisotopic (exact) mass is 180 g/mol. The van der Waals surface area contributed by atoms with Crippen LogP contribution in [0, 0.1) is 5.41 Å². The van der Waals surface area contributed by atoms with Gasteiger partial charge in [-0.15, -0.1) is 0 Å². The summed E-state index contributed by atoms with van der Waals surface area (Å²) < 4.78 is 4.31. The topological polar surface area (TPSA) is 63.6 Å². The van der Waals surface area contributed by atoms with Gasteiger partial charge in [-0.2, -0.15) is 0 Å². The zero-order valence-corrected chi connectivity index (χ0v) is 7.01. The number of esters is 1. The molecule has 5 heteroatoms. The van der Waals surface area contributed by atoms with E-state index in [1.54, 1.807) is 0 Å². The van der Waals surface area contributed by atoms with Gasteiger partial charge in [0.1, 0.15) is 0 Å². The summed E-state index contributed by atoms with van der Waals surface area (Å²) in [5.74, 6) is -2.06. The van der Waals surface area contributed by atoms with E-state index in [-0.39, 0.29) is 6.07 Å². The van der Waals surface area contributed by atoms with Crippen LogP contribution in [0.2, 0.25) is 0 Å². The summed E-state index contributed by atoms with van der Waals surface area (Å²) in [5.41, 5.74) is -1.52. The molecule has 0 bridgehead atoms. The molecule has 0 saturated carbocycles. The van der Waals surface area contributed by atoms with Gasteiger partial charge < -0.3 is 9.84 Å². The molecule has 0 amide bonds. The largest absolute Gasteiger partial charge is 0.480 e. The molecule has 1 N–H and O–H groups in total. The van der Waals surface area contributed by atoms with Crippen molar-refractivity contribution in [1.82, 2.24) is 0 Å². The van der Waals surface area contributed by atoms with Crippen LogP contribution in [-0.2, 0) is 14.3 Å².